The Morgan fingerprint density at radius 2 is 1.73 bits per heavy atom. The quantitative estimate of drug-likeness (QED) is 0.534. The first-order valence-corrected chi connectivity index (χ1v) is 6.60. The minimum atomic E-state index is 0.675. The molecule has 0 aromatic heterocycles. The van der Waals surface area contributed by atoms with Gasteiger partial charge in [-0.2, -0.15) is 0 Å². The van der Waals surface area contributed by atoms with Crippen molar-refractivity contribution in [2.75, 3.05) is 20.3 Å². The van der Waals surface area contributed by atoms with Gasteiger partial charge < -0.3 is 10.1 Å². The van der Waals surface area contributed by atoms with Crippen molar-refractivity contribution in [3.05, 3.63) is 0 Å². The maximum Gasteiger partial charge on any atom is 0.0466 e. The van der Waals surface area contributed by atoms with E-state index in [9.17, 15) is 0 Å². The third kappa shape index (κ3) is 10.2. The Hall–Kier alpha value is -0.0800. The second-order valence-electron chi connectivity index (χ2n) is 4.21. The van der Waals surface area contributed by atoms with E-state index in [0.29, 0.717) is 6.04 Å². The van der Waals surface area contributed by atoms with Gasteiger partial charge in [-0.1, -0.05) is 33.1 Å². The Morgan fingerprint density at radius 3 is 2.33 bits per heavy atom. The van der Waals surface area contributed by atoms with E-state index in [4.69, 9.17) is 4.74 Å². The van der Waals surface area contributed by atoms with Crippen LogP contribution < -0.4 is 5.32 Å². The largest absolute Gasteiger partial charge is 0.381 e. The van der Waals surface area contributed by atoms with E-state index in [-0.39, 0.29) is 0 Å². The lowest BCUT2D eigenvalue weighted by molar-refractivity contribution is 0.124. The minimum absolute atomic E-state index is 0.675. The van der Waals surface area contributed by atoms with Crippen LogP contribution in [0.2, 0.25) is 0 Å². The summed E-state index contributed by atoms with van der Waals surface area (Å²) in [7, 11) is 2.04. The lowest BCUT2D eigenvalue weighted by Crippen LogP contribution is -2.24. The molecule has 0 aliphatic carbocycles. The van der Waals surface area contributed by atoms with Crippen molar-refractivity contribution in [2.45, 2.75) is 64.8 Å². The molecule has 15 heavy (non-hydrogen) atoms. The van der Waals surface area contributed by atoms with Crippen LogP contribution in [-0.2, 0) is 4.74 Å². The summed E-state index contributed by atoms with van der Waals surface area (Å²) >= 11 is 0. The van der Waals surface area contributed by atoms with Crippen LogP contribution in [0.3, 0.4) is 0 Å². The average molecular weight is 215 g/mol. The summed E-state index contributed by atoms with van der Waals surface area (Å²) < 4.78 is 5.59. The number of unbranched alkanes of at least 4 members (excludes halogenated alkanes) is 3. The van der Waals surface area contributed by atoms with Crippen molar-refractivity contribution in [3.63, 3.8) is 0 Å². The third-order valence-electron chi connectivity index (χ3n) is 2.88. The van der Waals surface area contributed by atoms with Crippen molar-refractivity contribution < 1.29 is 4.74 Å². The highest BCUT2D eigenvalue weighted by atomic mass is 16.5. The number of rotatable bonds is 11. The molecule has 0 radical (unpaired) electrons. The molecule has 0 bridgehead atoms. The Labute approximate surface area is 95.8 Å². The Balaban J connectivity index is 3.04. The first kappa shape index (κ1) is 14.9. The SMILES string of the molecule is CCCCCCOCCCC(CC)NC. The summed E-state index contributed by atoms with van der Waals surface area (Å²) in [5.74, 6) is 0. The van der Waals surface area contributed by atoms with E-state index >= 15 is 0 Å². The molecular formula is C13H29NO. The molecule has 0 aromatic carbocycles. The molecule has 0 saturated heterocycles. The molecule has 0 rings (SSSR count). The van der Waals surface area contributed by atoms with Gasteiger partial charge in [0.05, 0.1) is 0 Å². The maximum absolute atomic E-state index is 5.59. The summed E-state index contributed by atoms with van der Waals surface area (Å²) in [5, 5.41) is 3.31. The lowest BCUT2D eigenvalue weighted by Gasteiger charge is -2.13. The second kappa shape index (κ2) is 12.0. The van der Waals surface area contributed by atoms with Crippen LogP contribution >= 0.6 is 0 Å². The monoisotopic (exact) mass is 215 g/mol. The van der Waals surface area contributed by atoms with Gasteiger partial charge in [-0.3, -0.25) is 0 Å². The van der Waals surface area contributed by atoms with Gasteiger partial charge in [-0.25, -0.2) is 0 Å². The summed E-state index contributed by atoms with van der Waals surface area (Å²) in [4.78, 5) is 0. The predicted octanol–water partition coefficient (Wildman–Crippen LogP) is 3.36. The molecule has 0 aliphatic rings. The van der Waals surface area contributed by atoms with Crippen LogP contribution in [0.5, 0.6) is 0 Å². The van der Waals surface area contributed by atoms with Gasteiger partial charge in [0.1, 0.15) is 0 Å². The smallest absolute Gasteiger partial charge is 0.0466 e. The summed E-state index contributed by atoms with van der Waals surface area (Å²) in [5.41, 5.74) is 0. The van der Waals surface area contributed by atoms with Crippen molar-refractivity contribution in [1.29, 1.82) is 0 Å². The molecule has 1 N–H and O–H groups in total. The number of hydrogen-bond acceptors (Lipinski definition) is 2. The molecule has 0 spiro atoms. The van der Waals surface area contributed by atoms with Gasteiger partial charge >= 0.3 is 0 Å². The molecule has 0 fully saturated rings. The molecule has 2 nitrogen and oxygen atoms in total. The lowest BCUT2D eigenvalue weighted by atomic mass is 10.1. The molecule has 1 unspecified atom stereocenters. The average Bonchev–Trinajstić information content (AvgIpc) is 2.27. The van der Waals surface area contributed by atoms with Crippen LogP contribution in [-0.4, -0.2) is 26.3 Å². The zero-order valence-electron chi connectivity index (χ0n) is 10.8. The van der Waals surface area contributed by atoms with E-state index < -0.39 is 0 Å². The van der Waals surface area contributed by atoms with Crippen LogP contribution in [0.15, 0.2) is 0 Å². The van der Waals surface area contributed by atoms with Crippen molar-refractivity contribution in [2.24, 2.45) is 0 Å². The zero-order valence-corrected chi connectivity index (χ0v) is 10.8. The van der Waals surface area contributed by atoms with E-state index in [1.54, 1.807) is 0 Å². The van der Waals surface area contributed by atoms with Crippen LogP contribution in [0.4, 0.5) is 0 Å². The van der Waals surface area contributed by atoms with Gasteiger partial charge in [0.2, 0.25) is 0 Å². The Kier molecular flexibility index (Phi) is 11.9. The molecule has 2 heteroatoms. The minimum Gasteiger partial charge on any atom is -0.381 e. The highest BCUT2D eigenvalue weighted by molar-refractivity contribution is 4.60. The molecule has 1 atom stereocenters. The number of ether oxygens (including phenoxy) is 1. The summed E-state index contributed by atoms with van der Waals surface area (Å²) in [6, 6.07) is 0.675. The number of nitrogens with one attached hydrogen (secondary N) is 1. The van der Waals surface area contributed by atoms with Crippen LogP contribution in [0, 0.1) is 0 Å². The fraction of sp³-hybridized carbons (Fsp3) is 1.00. The fourth-order valence-electron chi connectivity index (χ4n) is 1.72. The topological polar surface area (TPSA) is 21.3 Å². The number of hydrogen-bond donors (Lipinski definition) is 1. The maximum atomic E-state index is 5.59. The molecule has 0 heterocycles. The van der Waals surface area contributed by atoms with Crippen LogP contribution in [0.1, 0.15) is 58.8 Å². The van der Waals surface area contributed by atoms with E-state index in [2.05, 4.69) is 19.2 Å². The van der Waals surface area contributed by atoms with E-state index in [1.165, 1.54) is 44.9 Å². The fourth-order valence-corrected chi connectivity index (χ4v) is 1.72. The standard InChI is InChI=1S/C13H29NO/c1-4-6-7-8-11-15-12-9-10-13(5-2)14-3/h13-14H,4-12H2,1-3H3. The normalized spacial score (nSPS) is 13.0. The predicted molar refractivity (Wildman–Crippen MR) is 67.3 cm³/mol. The summed E-state index contributed by atoms with van der Waals surface area (Å²) in [6.07, 6.45) is 8.85. The molecule has 0 aliphatic heterocycles. The van der Waals surface area contributed by atoms with Crippen LogP contribution in [0.25, 0.3) is 0 Å². The van der Waals surface area contributed by atoms with Gasteiger partial charge in [-0.15, -0.1) is 0 Å². The highest BCUT2D eigenvalue weighted by Crippen LogP contribution is 2.02. The Bertz CT molecular complexity index is 113. The van der Waals surface area contributed by atoms with Crippen molar-refractivity contribution in [3.8, 4) is 0 Å². The molecule has 0 amide bonds. The van der Waals surface area contributed by atoms with Crippen molar-refractivity contribution >= 4 is 0 Å². The molecule has 0 saturated carbocycles. The molecular weight excluding hydrogens is 186 g/mol. The highest BCUT2D eigenvalue weighted by Gasteiger charge is 2.01. The molecule has 0 aromatic rings. The second-order valence-corrected chi connectivity index (χ2v) is 4.21. The van der Waals surface area contributed by atoms with Gasteiger partial charge in [-0.05, 0) is 32.7 Å². The third-order valence-corrected chi connectivity index (χ3v) is 2.88. The van der Waals surface area contributed by atoms with Gasteiger partial charge in [0, 0.05) is 19.3 Å². The van der Waals surface area contributed by atoms with Crippen molar-refractivity contribution in [1.82, 2.24) is 5.32 Å². The Morgan fingerprint density at radius 1 is 1.00 bits per heavy atom. The molecule has 92 valence electrons. The van der Waals surface area contributed by atoms with E-state index in [0.717, 1.165) is 13.2 Å². The zero-order chi connectivity index (χ0) is 11.4. The first-order valence-electron chi connectivity index (χ1n) is 6.60. The van der Waals surface area contributed by atoms with Gasteiger partial charge in [0.15, 0.2) is 0 Å². The van der Waals surface area contributed by atoms with Gasteiger partial charge in [0.25, 0.3) is 0 Å². The van der Waals surface area contributed by atoms with E-state index in [1.807, 2.05) is 7.05 Å². The summed E-state index contributed by atoms with van der Waals surface area (Å²) in [6.45, 7) is 6.36. The first-order chi connectivity index (χ1) is 7.35.